The molecule has 2 N–H and O–H groups in total. The van der Waals surface area contributed by atoms with Crippen molar-refractivity contribution in [3.8, 4) is 5.75 Å². The van der Waals surface area contributed by atoms with E-state index in [0.717, 1.165) is 16.9 Å². The molecule has 0 saturated heterocycles. The first kappa shape index (κ1) is 17.2. The summed E-state index contributed by atoms with van der Waals surface area (Å²) in [5, 5.41) is 0. The first-order valence-corrected chi connectivity index (χ1v) is 7.02. The van der Waals surface area contributed by atoms with Gasteiger partial charge < -0.3 is 15.2 Å². The van der Waals surface area contributed by atoms with Gasteiger partial charge >= 0.3 is 5.97 Å². The molecule has 0 radical (unpaired) electrons. The monoisotopic (exact) mass is 293 g/mol. The van der Waals surface area contributed by atoms with Crippen molar-refractivity contribution in [1.29, 1.82) is 0 Å². The van der Waals surface area contributed by atoms with Crippen molar-refractivity contribution in [2.24, 2.45) is 5.73 Å². The van der Waals surface area contributed by atoms with E-state index in [2.05, 4.69) is 0 Å². The van der Waals surface area contributed by atoms with Gasteiger partial charge in [-0.3, -0.25) is 9.59 Å². The van der Waals surface area contributed by atoms with E-state index in [-0.39, 0.29) is 25.2 Å². The second-order valence-electron chi connectivity index (χ2n) is 4.89. The van der Waals surface area contributed by atoms with Crippen molar-refractivity contribution in [2.45, 2.75) is 39.7 Å². The second kappa shape index (κ2) is 7.78. The molecule has 1 unspecified atom stereocenters. The highest BCUT2D eigenvalue weighted by Gasteiger charge is 2.18. The van der Waals surface area contributed by atoms with Crippen LogP contribution in [0.2, 0.25) is 0 Å². The Labute approximate surface area is 125 Å². The average molecular weight is 293 g/mol. The van der Waals surface area contributed by atoms with E-state index >= 15 is 0 Å². The highest BCUT2D eigenvalue weighted by Crippen LogP contribution is 2.25. The Kier molecular flexibility index (Phi) is 6.37. The first-order chi connectivity index (χ1) is 9.92. The lowest BCUT2D eigenvalue weighted by Crippen LogP contribution is -2.32. The standard InChI is InChI=1S/C16H23NO4/c1-5-21-16(19)13(17)7-8-14(18)12-6-9-15(20-4)11(3)10(12)2/h6,9,13H,5,7-8,17H2,1-4H3. The van der Waals surface area contributed by atoms with Gasteiger partial charge in [0, 0.05) is 12.0 Å². The van der Waals surface area contributed by atoms with Gasteiger partial charge in [0.05, 0.1) is 13.7 Å². The zero-order valence-corrected chi connectivity index (χ0v) is 13.1. The molecule has 21 heavy (non-hydrogen) atoms. The normalized spacial score (nSPS) is 11.9. The minimum Gasteiger partial charge on any atom is -0.496 e. The summed E-state index contributed by atoms with van der Waals surface area (Å²) in [6.45, 7) is 5.81. The maximum atomic E-state index is 12.3. The van der Waals surface area contributed by atoms with E-state index in [0.29, 0.717) is 5.56 Å². The number of hydrogen-bond donors (Lipinski definition) is 1. The molecule has 0 amide bonds. The van der Waals surface area contributed by atoms with Crippen molar-refractivity contribution in [3.05, 3.63) is 28.8 Å². The number of benzene rings is 1. The minimum atomic E-state index is -0.756. The van der Waals surface area contributed by atoms with E-state index < -0.39 is 12.0 Å². The fourth-order valence-corrected chi connectivity index (χ4v) is 2.11. The van der Waals surface area contributed by atoms with Gasteiger partial charge in [0.2, 0.25) is 0 Å². The third kappa shape index (κ3) is 4.29. The summed E-state index contributed by atoms with van der Waals surface area (Å²) in [7, 11) is 1.60. The molecule has 1 rings (SSSR count). The van der Waals surface area contributed by atoms with Gasteiger partial charge in [0.1, 0.15) is 11.8 Å². The Hall–Kier alpha value is -1.88. The van der Waals surface area contributed by atoms with Crippen LogP contribution in [0.15, 0.2) is 12.1 Å². The third-order valence-corrected chi connectivity index (χ3v) is 3.53. The molecule has 5 nitrogen and oxygen atoms in total. The van der Waals surface area contributed by atoms with Gasteiger partial charge in [-0.1, -0.05) is 0 Å². The summed E-state index contributed by atoms with van der Waals surface area (Å²) >= 11 is 0. The maximum absolute atomic E-state index is 12.3. The Bertz CT molecular complexity index is 525. The molecule has 116 valence electrons. The van der Waals surface area contributed by atoms with Crippen LogP contribution in [-0.4, -0.2) is 31.5 Å². The lowest BCUT2D eigenvalue weighted by molar-refractivity contribution is -0.144. The van der Waals surface area contributed by atoms with Gasteiger partial charge in [-0.05, 0) is 50.5 Å². The number of nitrogens with two attached hydrogens (primary N) is 1. The summed E-state index contributed by atoms with van der Waals surface area (Å²) in [6, 6.07) is 2.77. The van der Waals surface area contributed by atoms with Crippen LogP contribution >= 0.6 is 0 Å². The van der Waals surface area contributed by atoms with Gasteiger partial charge in [-0.15, -0.1) is 0 Å². The summed E-state index contributed by atoms with van der Waals surface area (Å²) in [6.07, 6.45) is 0.495. The minimum absolute atomic E-state index is 0.0296. The van der Waals surface area contributed by atoms with Crippen LogP contribution in [0.25, 0.3) is 0 Å². The fourth-order valence-electron chi connectivity index (χ4n) is 2.11. The van der Waals surface area contributed by atoms with Gasteiger partial charge in [-0.2, -0.15) is 0 Å². The molecule has 0 bridgehead atoms. The number of rotatable bonds is 7. The van der Waals surface area contributed by atoms with E-state index in [1.165, 1.54) is 0 Å². The number of esters is 1. The van der Waals surface area contributed by atoms with Crippen LogP contribution in [0.1, 0.15) is 41.3 Å². The van der Waals surface area contributed by atoms with Gasteiger partial charge in [0.15, 0.2) is 5.78 Å². The quantitative estimate of drug-likeness (QED) is 0.615. The lowest BCUT2D eigenvalue weighted by Gasteiger charge is -2.13. The predicted octanol–water partition coefficient (Wildman–Crippen LogP) is 2.17. The van der Waals surface area contributed by atoms with E-state index in [1.807, 2.05) is 13.8 Å². The molecule has 0 saturated carbocycles. The number of ether oxygens (including phenoxy) is 2. The largest absolute Gasteiger partial charge is 0.496 e. The topological polar surface area (TPSA) is 78.6 Å². The molecule has 0 aliphatic heterocycles. The number of methoxy groups -OCH3 is 1. The van der Waals surface area contributed by atoms with Crippen molar-refractivity contribution in [1.82, 2.24) is 0 Å². The van der Waals surface area contributed by atoms with Crippen LogP contribution in [0, 0.1) is 13.8 Å². The molecule has 0 heterocycles. The Morgan fingerprint density at radius 1 is 1.24 bits per heavy atom. The number of ketones is 1. The van der Waals surface area contributed by atoms with Crippen LogP contribution < -0.4 is 10.5 Å². The van der Waals surface area contributed by atoms with Crippen molar-refractivity contribution in [3.63, 3.8) is 0 Å². The maximum Gasteiger partial charge on any atom is 0.322 e. The molecule has 0 aromatic heterocycles. The molecular weight excluding hydrogens is 270 g/mol. The number of hydrogen-bond acceptors (Lipinski definition) is 5. The van der Waals surface area contributed by atoms with Crippen molar-refractivity contribution < 1.29 is 19.1 Å². The summed E-state index contributed by atoms with van der Waals surface area (Å²) in [4.78, 5) is 23.7. The van der Waals surface area contributed by atoms with E-state index in [9.17, 15) is 9.59 Å². The molecule has 5 heteroatoms. The summed E-state index contributed by atoms with van der Waals surface area (Å²) in [5.74, 6) is 0.262. The molecule has 1 aromatic rings. The molecule has 0 aliphatic rings. The van der Waals surface area contributed by atoms with Crippen LogP contribution in [0.4, 0.5) is 0 Å². The molecule has 0 aliphatic carbocycles. The average Bonchev–Trinajstić information content (AvgIpc) is 2.47. The van der Waals surface area contributed by atoms with Crippen LogP contribution in [-0.2, 0) is 9.53 Å². The van der Waals surface area contributed by atoms with Crippen molar-refractivity contribution in [2.75, 3.05) is 13.7 Å². The first-order valence-electron chi connectivity index (χ1n) is 7.02. The smallest absolute Gasteiger partial charge is 0.322 e. The summed E-state index contributed by atoms with van der Waals surface area (Å²) < 4.78 is 10.0. The van der Waals surface area contributed by atoms with Gasteiger partial charge in [0.25, 0.3) is 0 Å². The Morgan fingerprint density at radius 2 is 1.90 bits per heavy atom. The van der Waals surface area contributed by atoms with Gasteiger partial charge in [-0.25, -0.2) is 0 Å². The zero-order valence-electron chi connectivity index (χ0n) is 13.1. The SMILES string of the molecule is CCOC(=O)C(N)CCC(=O)c1ccc(OC)c(C)c1C. The lowest BCUT2D eigenvalue weighted by atomic mass is 9.96. The molecule has 1 aromatic carbocycles. The predicted molar refractivity (Wildman–Crippen MR) is 80.6 cm³/mol. The van der Waals surface area contributed by atoms with Crippen LogP contribution in [0.3, 0.4) is 0 Å². The van der Waals surface area contributed by atoms with Crippen molar-refractivity contribution >= 4 is 11.8 Å². The fraction of sp³-hybridized carbons (Fsp3) is 0.500. The Balaban J connectivity index is 2.73. The summed E-state index contributed by atoms with van der Waals surface area (Å²) in [5.41, 5.74) is 8.17. The molecular formula is C16H23NO4. The molecule has 1 atom stereocenters. The van der Waals surface area contributed by atoms with Crippen LogP contribution in [0.5, 0.6) is 5.75 Å². The zero-order chi connectivity index (χ0) is 16.0. The molecule has 0 spiro atoms. The van der Waals surface area contributed by atoms with E-state index in [1.54, 1.807) is 26.2 Å². The van der Waals surface area contributed by atoms with E-state index in [4.69, 9.17) is 15.2 Å². The highest BCUT2D eigenvalue weighted by atomic mass is 16.5. The second-order valence-corrected chi connectivity index (χ2v) is 4.89. The molecule has 0 fully saturated rings. The third-order valence-electron chi connectivity index (χ3n) is 3.53. The number of carbonyl (C=O) groups is 2. The Morgan fingerprint density at radius 3 is 2.48 bits per heavy atom. The highest BCUT2D eigenvalue weighted by molar-refractivity contribution is 5.98. The number of Topliss-reactive ketones (excluding diaryl/α,β-unsaturated/α-hetero) is 1. The number of carbonyl (C=O) groups excluding carboxylic acids is 2.